The van der Waals surface area contributed by atoms with Gasteiger partial charge in [-0.3, -0.25) is 9.53 Å². The van der Waals surface area contributed by atoms with Gasteiger partial charge in [-0.2, -0.15) is 0 Å². The van der Waals surface area contributed by atoms with Crippen LogP contribution in [0.4, 0.5) is 13.2 Å². The number of aliphatic carboxylic acids is 1. The quantitative estimate of drug-likeness (QED) is 0.724. The van der Waals surface area contributed by atoms with Gasteiger partial charge in [0.2, 0.25) is 0 Å². The fourth-order valence-electron chi connectivity index (χ4n) is 2.30. The topological polar surface area (TPSA) is 58.6 Å². The van der Waals surface area contributed by atoms with E-state index in [1.54, 1.807) is 0 Å². The van der Waals surface area contributed by atoms with Crippen LogP contribution >= 0.6 is 0 Å². The molecule has 0 aromatic rings. The summed E-state index contributed by atoms with van der Waals surface area (Å²) in [4.78, 5) is 11.0. The summed E-state index contributed by atoms with van der Waals surface area (Å²) in [5.41, 5.74) is 0. The third-order valence-electron chi connectivity index (χ3n) is 3.18. The maximum atomic E-state index is 11.7. The summed E-state index contributed by atoms with van der Waals surface area (Å²) in [6.45, 7) is 0.0501. The largest absolute Gasteiger partial charge is 0.522 e. The molecule has 0 radical (unpaired) electrons. The standard InChI is InChI=1S/C11H18F3NO3/c12-11(13,14)18-6-5-15-7-8-3-1-2-4-9(8)10(16)17/h8-9,15H,1-7H2,(H,16,17). The van der Waals surface area contributed by atoms with Gasteiger partial charge in [-0.05, 0) is 25.3 Å². The summed E-state index contributed by atoms with van der Waals surface area (Å²) >= 11 is 0. The average Bonchev–Trinajstić information content (AvgIpc) is 2.27. The molecule has 1 aliphatic carbocycles. The van der Waals surface area contributed by atoms with Crippen molar-refractivity contribution in [2.75, 3.05) is 19.7 Å². The van der Waals surface area contributed by atoms with Gasteiger partial charge in [0, 0.05) is 6.54 Å². The van der Waals surface area contributed by atoms with Gasteiger partial charge in [0.25, 0.3) is 0 Å². The van der Waals surface area contributed by atoms with Crippen molar-refractivity contribution in [1.29, 1.82) is 0 Å². The molecule has 7 heteroatoms. The number of carboxylic acid groups (broad SMARTS) is 1. The van der Waals surface area contributed by atoms with Crippen LogP contribution in [0.1, 0.15) is 25.7 Å². The zero-order chi connectivity index (χ0) is 13.6. The third kappa shape index (κ3) is 5.68. The molecule has 1 saturated carbocycles. The van der Waals surface area contributed by atoms with E-state index in [0.29, 0.717) is 13.0 Å². The summed E-state index contributed by atoms with van der Waals surface area (Å²) in [5, 5.41) is 11.8. The Hall–Kier alpha value is -0.820. The second-order valence-electron chi connectivity index (χ2n) is 4.49. The van der Waals surface area contributed by atoms with Gasteiger partial charge >= 0.3 is 12.3 Å². The molecule has 0 saturated heterocycles. The van der Waals surface area contributed by atoms with Crippen LogP contribution in [0.3, 0.4) is 0 Å². The van der Waals surface area contributed by atoms with Crippen molar-refractivity contribution in [3.05, 3.63) is 0 Å². The van der Waals surface area contributed by atoms with Crippen LogP contribution in [0.2, 0.25) is 0 Å². The number of carbonyl (C=O) groups is 1. The van der Waals surface area contributed by atoms with Crippen molar-refractivity contribution in [1.82, 2.24) is 5.32 Å². The summed E-state index contributed by atoms with van der Waals surface area (Å²) < 4.78 is 38.6. The molecule has 1 aliphatic rings. The van der Waals surface area contributed by atoms with Crippen molar-refractivity contribution in [3.63, 3.8) is 0 Å². The number of carboxylic acids is 1. The highest BCUT2D eigenvalue weighted by Crippen LogP contribution is 2.29. The molecule has 106 valence electrons. The second-order valence-corrected chi connectivity index (χ2v) is 4.49. The molecule has 0 aliphatic heterocycles. The van der Waals surface area contributed by atoms with E-state index in [1.165, 1.54) is 0 Å². The average molecular weight is 269 g/mol. The van der Waals surface area contributed by atoms with Gasteiger partial charge in [-0.15, -0.1) is 13.2 Å². The summed E-state index contributed by atoms with van der Waals surface area (Å²) in [7, 11) is 0. The smallest absolute Gasteiger partial charge is 0.481 e. The monoisotopic (exact) mass is 269 g/mol. The molecule has 0 aromatic carbocycles. The number of halogens is 3. The maximum Gasteiger partial charge on any atom is 0.522 e. The maximum absolute atomic E-state index is 11.7. The lowest BCUT2D eigenvalue weighted by molar-refractivity contribution is -0.323. The molecule has 0 spiro atoms. The van der Waals surface area contributed by atoms with Crippen LogP contribution in [0.15, 0.2) is 0 Å². The number of nitrogens with one attached hydrogen (secondary N) is 1. The van der Waals surface area contributed by atoms with Crippen molar-refractivity contribution in [2.45, 2.75) is 32.0 Å². The predicted octanol–water partition coefficient (Wildman–Crippen LogP) is 2.00. The molecule has 0 amide bonds. The van der Waals surface area contributed by atoms with E-state index in [-0.39, 0.29) is 18.4 Å². The third-order valence-corrected chi connectivity index (χ3v) is 3.18. The molecule has 2 N–H and O–H groups in total. The van der Waals surface area contributed by atoms with E-state index in [9.17, 15) is 18.0 Å². The Bertz CT molecular complexity index is 271. The molecule has 2 unspecified atom stereocenters. The van der Waals surface area contributed by atoms with Crippen molar-refractivity contribution in [2.24, 2.45) is 11.8 Å². The molecular weight excluding hydrogens is 251 g/mol. The second kappa shape index (κ2) is 6.94. The Kier molecular flexibility index (Phi) is 5.87. The molecule has 18 heavy (non-hydrogen) atoms. The molecule has 0 bridgehead atoms. The number of rotatable bonds is 6. The first-order valence-corrected chi connectivity index (χ1v) is 6.04. The number of alkyl halides is 3. The minimum atomic E-state index is -4.60. The summed E-state index contributed by atoms with van der Waals surface area (Å²) in [6.07, 6.45) is -1.25. The highest BCUT2D eigenvalue weighted by Gasteiger charge is 2.31. The molecule has 4 nitrogen and oxygen atoms in total. The molecular formula is C11H18F3NO3. The first-order chi connectivity index (χ1) is 8.40. The van der Waals surface area contributed by atoms with Gasteiger partial charge in [0.05, 0.1) is 12.5 Å². The Morgan fingerprint density at radius 2 is 2.00 bits per heavy atom. The SMILES string of the molecule is O=C(O)C1CCCCC1CNCCOC(F)(F)F. The van der Waals surface area contributed by atoms with Crippen LogP contribution < -0.4 is 5.32 Å². The first-order valence-electron chi connectivity index (χ1n) is 6.04. The van der Waals surface area contributed by atoms with E-state index in [0.717, 1.165) is 19.3 Å². The van der Waals surface area contributed by atoms with E-state index >= 15 is 0 Å². The number of hydrogen-bond acceptors (Lipinski definition) is 3. The van der Waals surface area contributed by atoms with E-state index in [2.05, 4.69) is 10.1 Å². The van der Waals surface area contributed by atoms with Crippen LogP contribution in [0.5, 0.6) is 0 Å². The van der Waals surface area contributed by atoms with Crippen LogP contribution in [0.25, 0.3) is 0 Å². The Morgan fingerprint density at radius 3 is 2.61 bits per heavy atom. The van der Waals surface area contributed by atoms with Crippen molar-refractivity contribution >= 4 is 5.97 Å². The van der Waals surface area contributed by atoms with Gasteiger partial charge in [0.1, 0.15) is 0 Å². The molecule has 2 atom stereocenters. The molecule has 0 aromatic heterocycles. The normalized spacial score (nSPS) is 25.1. The minimum absolute atomic E-state index is 0.00198. The Labute approximate surface area is 103 Å². The molecule has 1 rings (SSSR count). The van der Waals surface area contributed by atoms with E-state index in [4.69, 9.17) is 5.11 Å². The fourth-order valence-corrected chi connectivity index (χ4v) is 2.30. The molecule has 0 heterocycles. The zero-order valence-electron chi connectivity index (χ0n) is 10.0. The highest BCUT2D eigenvalue weighted by molar-refractivity contribution is 5.70. The fraction of sp³-hybridized carbons (Fsp3) is 0.909. The Morgan fingerprint density at radius 1 is 1.33 bits per heavy atom. The van der Waals surface area contributed by atoms with Gasteiger partial charge < -0.3 is 10.4 Å². The van der Waals surface area contributed by atoms with Crippen molar-refractivity contribution < 1.29 is 27.8 Å². The van der Waals surface area contributed by atoms with Gasteiger partial charge in [-0.25, -0.2) is 0 Å². The van der Waals surface area contributed by atoms with Crippen LogP contribution in [-0.4, -0.2) is 37.1 Å². The summed E-state index contributed by atoms with van der Waals surface area (Å²) in [6, 6.07) is 0. The summed E-state index contributed by atoms with van der Waals surface area (Å²) in [5.74, 6) is -1.19. The minimum Gasteiger partial charge on any atom is -0.481 e. The lowest BCUT2D eigenvalue weighted by Crippen LogP contribution is -2.36. The van der Waals surface area contributed by atoms with Crippen LogP contribution in [0, 0.1) is 11.8 Å². The van der Waals surface area contributed by atoms with Gasteiger partial charge in [-0.1, -0.05) is 12.8 Å². The van der Waals surface area contributed by atoms with Crippen molar-refractivity contribution in [3.8, 4) is 0 Å². The lowest BCUT2D eigenvalue weighted by atomic mass is 9.79. The highest BCUT2D eigenvalue weighted by atomic mass is 19.4. The first kappa shape index (κ1) is 15.2. The Balaban J connectivity index is 2.19. The molecule has 1 fully saturated rings. The van der Waals surface area contributed by atoms with E-state index in [1.807, 2.05) is 0 Å². The zero-order valence-corrected chi connectivity index (χ0v) is 10.0. The lowest BCUT2D eigenvalue weighted by Gasteiger charge is -2.28. The van der Waals surface area contributed by atoms with E-state index < -0.39 is 18.9 Å². The van der Waals surface area contributed by atoms with Gasteiger partial charge in [0.15, 0.2) is 0 Å². The number of ether oxygens (including phenoxy) is 1. The predicted molar refractivity (Wildman–Crippen MR) is 58.0 cm³/mol. The number of hydrogen-bond donors (Lipinski definition) is 2. The van der Waals surface area contributed by atoms with Crippen LogP contribution in [-0.2, 0) is 9.53 Å².